The Morgan fingerprint density at radius 2 is 1.63 bits per heavy atom. The van der Waals surface area contributed by atoms with Gasteiger partial charge in [0.05, 0.1) is 5.92 Å². The summed E-state index contributed by atoms with van der Waals surface area (Å²) in [6, 6.07) is 9.43. The van der Waals surface area contributed by atoms with E-state index in [1.54, 1.807) is 0 Å². The van der Waals surface area contributed by atoms with Gasteiger partial charge in [0.15, 0.2) is 0 Å². The molecule has 0 unspecified atom stereocenters. The van der Waals surface area contributed by atoms with Crippen LogP contribution in [-0.2, 0) is 9.59 Å². The standard InChI is InChI=1S/C15H17NO3/c17-13(16-12-4-2-1-3-5-12)10-6-15(7-10)8-11(9-15)14(18)19/h1-5,10-11H,6-9H2,(H,16,17)(H,18,19). The van der Waals surface area contributed by atoms with Crippen molar-refractivity contribution >= 4 is 17.6 Å². The van der Waals surface area contributed by atoms with Crippen molar-refractivity contribution in [3.8, 4) is 0 Å². The summed E-state index contributed by atoms with van der Waals surface area (Å²) < 4.78 is 0. The van der Waals surface area contributed by atoms with Crippen LogP contribution in [0.15, 0.2) is 30.3 Å². The highest BCUT2D eigenvalue weighted by Gasteiger charge is 2.56. The van der Waals surface area contributed by atoms with Crippen LogP contribution in [0.3, 0.4) is 0 Å². The molecule has 2 saturated carbocycles. The number of anilines is 1. The first-order valence-electron chi connectivity index (χ1n) is 6.67. The van der Waals surface area contributed by atoms with E-state index in [4.69, 9.17) is 5.11 Å². The Bertz CT molecular complexity index is 497. The van der Waals surface area contributed by atoms with Crippen LogP contribution in [0.4, 0.5) is 5.69 Å². The molecule has 0 atom stereocenters. The van der Waals surface area contributed by atoms with Crippen molar-refractivity contribution in [3.05, 3.63) is 30.3 Å². The number of para-hydroxylation sites is 1. The Hall–Kier alpha value is -1.84. The molecule has 1 spiro atoms. The van der Waals surface area contributed by atoms with Gasteiger partial charge in [-0.2, -0.15) is 0 Å². The summed E-state index contributed by atoms with van der Waals surface area (Å²) in [6.07, 6.45) is 3.18. The van der Waals surface area contributed by atoms with E-state index in [1.165, 1.54) is 0 Å². The fraction of sp³-hybridized carbons (Fsp3) is 0.467. The lowest BCUT2D eigenvalue weighted by molar-refractivity contribution is -0.159. The maximum atomic E-state index is 12.0. The number of benzene rings is 1. The van der Waals surface area contributed by atoms with E-state index in [0.717, 1.165) is 31.4 Å². The smallest absolute Gasteiger partial charge is 0.306 e. The summed E-state index contributed by atoms with van der Waals surface area (Å²) in [4.78, 5) is 22.8. The fourth-order valence-electron chi connectivity index (χ4n) is 3.43. The molecule has 19 heavy (non-hydrogen) atoms. The van der Waals surface area contributed by atoms with E-state index in [0.29, 0.717) is 0 Å². The molecule has 2 aliphatic rings. The number of carbonyl (C=O) groups is 2. The monoisotopic (exact) mass is 259 g/mol. The van der Waals surface area contributed by atoms with Crippen LogP contribution in [0.25, 0.3) is 0 Å². The minimum absolute atomic E-state index is 0.0509. The van der Waals surface area contributed by atoms with Gasteiger partial charge in [0.2, 0.25) is 5.91 Å². The normalized spacial score (nSPS) is 32.2. The van der Waals surface area contributed by atoms with Crippen LogP contribution in [0, 0.1) is 17.3 Å². The number of carboxylic acids is 1. The number of hydrogen-bond donors (Lipinski definition) is 2. The Labute approximate surface area is 111 Å². The van der Waals surface area contributed by atoms with E-state index >= 15 is 0 Å². The molecule has 0 aliphatic heterocycles. The average molecular weight is 259 g/mol. The minimum atomic E-state index is -0.692. The molecule has 2 fully saturated rings. The first-order chi connectivity index (χ1) is 9.08. The molecule has 4 heteroatoms. The van der Waals surface area contributed by atoms with Gasteiger partial charge in [-0.1, -0.05) is 18.2 Å². The molecule has 0 saturated heterocycles. The summed E-state index contributed by atoms with van der Waals surface area (Å²) in [5.74, 6) is -0.758. The molecular formula is C15H17NO3. The predicted octanol–water partition coefficient (Wildman–Crippen LogP) is 2.52. The summed E-state index contributed by atoms with van der Waals surface area (Å²) in [5, 5.41) is 11.8. The van der Waals surface area contributed by atoms with E-state index in [-0.39, 0.29) is 23.2 Å². The molecule has 3 rings (SSSR count). The highest BCUT2D eigenvalue weighted by molar-refractivity contribution is 5.93. The first-order valence-corrected chi connectivity index (χ1v) is 6.67. The summed E-state index contributed by atoms with van der Waals surface area (Å²) in [6.45, 7) is 0. The quantitative estimate of drug-likeness (QED) is 0.876. The molecule has 2 N–H and O–H groups in total. The molecular weight excluding hydrogens is 242 g/mol. The Morgan fingerprint density at radius 3 is 2.21 bits per heavy atom. The maximum Gasteiger partial charge on any atom is 0.306 e. The molecule has 0 aromatic heterocycles. The first kappa shape index (κ1) is 12.2. The maximum absolute atomic E-state index is 12.0. The Balaban J connectivity index is 1.49. The number of nitrogens with one attached hydrogen (secondary N) is 1. The molecule has 1 amide bonds. The number of hydrogen-bond acceptors (Lipinski definition) is 2. The third-order valence-electron chi connectivity index (χ3n) is 4.48. The van der Waals surface area contributed by atoms with Crippen molar-refractivity contribution < 1.29 is 14.7 Å². The van der Waals surface area contributed by atoms with Crippen LogP contribution in [0.1, 0.15) is 25.7 Å². The number of rotatable bonds is 3. The largest absolute Gasteiger partial charge is 0.481 e. The van der Waals surface area contributed by atoms with Gasteiger partial charge in [0, 0.05) is 11.6 Å². The van der Waals surface area contributed by atoms with Crippen LogP contribution < -0.4 is 5.32 Å². The number of aliphatic carboxylic acids is 1. The van der Waals surface area contributed by atoms with Crippen LogP contribution in [0.2, 0.25) is 0 Å². The minimum Gasteiger partial charge on any atom is -0.481 e. The number of amides is 1. The lowest BCUT2D eigenvalue weighted by atomic mass is 9.48. The third-order valence-corrected chi connectivity index (χ3v) is 4.48. The second kappa shape index (κ2) is 4.37. The van der Waals surface area contributed by atoms with E-state index in [9.17, 15) is 9.59 Å². The molecule has 4 nitrogen and oxygen atoms in total. The predicted molar refractivity (Wildman–Crippen MR) is 70.6 cm³/mol. The van der Waals surface area contributed by atoms with Crippen molar-refractivity contribution in [1.82, 2.24) is 0 Å². The summed E-state index contributed by atoms with van der Waals surface area (Å²) in [5.41, 5.74) is 0.979. The zero-order chi connectivity index (χ0) is 13.5. The van der Waals surface area contributed by atoms with Gasteiger partial charge < -0.3 is 10.4 Å². The van der Waals surface area contributed by atoms with Gasteiger partial charge in [-0.3, -0.25) is 9.59 Å². The molecule has 2 aliphatic carbocycles. The topological polar surface area (TPSA) is 66.4 Å². The second-order valence-corrected chi connectivity index (χ2v) is 5.90. The molecule has 1 aromatic carbocycles. The van der Waals surface area contributed by atoms with Gasteiger partial charge in [0.25, 0.3) is 0 Å². The zero-order valence-electron chi connectivity index (χ0n) is 10.6. The average Bonchev–Trinajstić information content (AvgIpc) is 2.26. The highest BCUT2D eigenvalue weighted by atomic mass is 16.4. The van der Waals surface area contributed by atoms with Crippen molar-refractivity contribution in [2.24, 2.45) is 17.3 Å². The molecule has 100 valence electrons. The van der Waals surface area contributed by atoms with Gasteiger partial charge in [-0.15, -0.1) is 0 Å². The molecule has 0 radical (unpaired) electrons. The van der Waals surface area contributed by atoms with Crippen LogP contribution in [0.5, 0.6) is 0 Å². The Kier molecular flexibility index (Phi) is 2.81. The van der Waals surface area contributed by atoms with E-state index in [1.807, 2.05) is 30.3 Å². The second-order valence-electron chi connectivity index (χ2n) is 5.90. The molecule has 0 bridgehead atoms. The summed E-state index contributed by atoms with van der Waals surface area (Å²) >= 11 is 0. The summed E-state index contributed by atoms with van der Waals surface area (Å²) in [7, 11) is 0. The van der Waals surface area contributed by atoms with Gasteiger partial charge >= 0.3 is 5.97 Å². The van der Waals surface area contributed by atoms with E-state index in [2.05, 4.69) is 5.32 Å². The van der Waals surface area contributed by atoms with Crippen molar-refractivity contribution in [3.63, 3.8) is 0 Å². The molecule has 0 heterocycles. The van der Waals surface area contributed by atoms with Crippen LogP contribution >= 0.6 is 0 Å². The Morgan fingerprint density at radius 1 is 1.05 bits per heavy atom. The van der Waals surface area contributed by atoms with Crippen LogP contribution in [-0.4, -0.2) is 17.0 Å². The number of carbonyl (C=O) groups excluding carboxylic acids is 1. The van der Waals surface area contributed by atoms with E-state index < -0.39 is 5.97 Å². The van der Waals surface area contributed by atoms with Gasteiger partial charge in [-0.25, -0.2) is 0 Å². The van der Waals surface area contributed by atoms with Gasteiger partial charge in [-0.05, 0) is 43.2 Å². The zero-order valence-corrected chi connectivity index (χ0v) is 10.6. The lowest BCUT2D eigenvalue weighted by Crippen LogP contribution is -2.52. The third kappa shape index (κ3) is 2.23. The molecule has 1 aromatic rings. The SMILES string of the molecule is O=C(O)C1CC2(C1)CC(C(=O)Nc1ccccc1)C2. The van der Waals surface area contributed by atoms with Crippen molar-refractivity contribution in [2.45, 2.75) is 25.7 Å². The number of carboxylic acid groups (broad SMARTS) is 1. The van der Waals surface area contributed by atoms with Crippen molar-refractivity contribution in [2.75, 3.05) is 5.32 Å². The lowest BCUT2D eigenvalue weighted by Gasteiger charge is -2.56. The van der Waals surface area contributed by atoms with Crippen molar-refractivity contribution in [1.29, 1.82) is 0 Å². The van der Waals surface area contributed by atoms with Gasteiger partial charge in [0.1, 0.15) is 0 Å². The fourth-order valence-corrected chi connectivity index (χ4v) is 3.43. The highest BCUT2D eigenvalue weighted by Crippen LogP contribution is 2.61.